The first-order valence-electron chi connectivity index (χ1n) is 5.14. The summed E-state index contributed by atoms with van der Waals surface area (Å²) in [5, 5.41) is -0.549. The molecule has 1 fully saturated rings. The van der Waals surface area contributed by atoms with E-state index in [4.69, 9.17) is 11.5 Å². The summed E-state index contributed by atoms with van der Waals surface area (Å²) >= 11 is 0. The van der Waals surface area contributed by atoms with Gasteiger partial charge in [0.15, 0.2) is 9.84 Å². The fourth-order valence-corrected chi connectivity index (χ4v) is 4.32. The van der Waals surface area contributed by atoms with Gasteiger partial charge in [-0.3, -0.25) is 0 Å². The van der Waals surface area contributed by atoms with Crippen LogP contribution in [0.3, 0.4) is 0 Å². The zero-order valence-corrected chi connectivity index (χ0v) is 9.94. The molecule has 5 heteroatoms. The Bertz CT molecular complexity index is 486. The molecule has 0 amide bonds. The summed E-state index contributed by atoms with van der Waals surface area (Å²) in [6.07, 6.45) is 1.22. The summed E-state index contributed by atoms with van der Waals surface area (Å²) in [7, 11) is -3.15. The third kappa shape index (κ3) is 1.65. The van der Waals surface area contributed by atoms with E-state index in [0.717, 1.165) is 5.56 Å². The zero-order valence-electron chi connectivity index (χ0n) is 9.13. The lowest BCUT2D eigenvalue weighted by atomic mass is 10.1. The topological polar surface area (TPSA) is 86.2 Å². The van der Waals surface area contributed by atoms with E-state index in [0.29, 0.717) is 0 Å². The van der Waals surface area contributed by atoms with Crippen LogP contribution in [0.2, 0.25) is 0 Å². The predicted molar refractivity (Wildman–Crippen MR) is 63.8 cm³/mol. The first-order chi connectivity index (χ1) is 7.41. The minimum Gasteiger partial charge on any atom is -0.329 e. The third-order valence-electron chi connectivity index (χ3n) is 3.28. The van der Waals surface area contributed by atoms with Gasteiger partial charge in [-0.05, 0) is 5.56 Å². The molecule has 0 bridgehead atoms. The van der Waals surface area contributed by atoms with Crippen LogP contribution in [-0.2, 0) is 9.84 Å². The zero-order chi connectivity index (χ0) is 12.0. The molecular weight excluding hydrogens is 224 g/mol. The number of benzene rings is 1. The normalized spacial score (nSPS) is 33.7. The second kappa shape index (κ2) is 3.55. The molecule has 0 heterocycles. The monoisotopic (exact) mass is 240 g/mol. The van der Waals surface area contributed by atoms with Gasteiger partial charge in [0, 0.05) is 18.7 Å². The maximum atomic E-state index is 11.6. The molecule has 1 aliphatic rings. The lowest BCUT2D eigenvalue weighted by molar-refractivity contribution is 0.591. The first-order valence-corrected chi connectivity index (χ1v) is 7.09. The van der Waals surface area contributed by atoms with Crippen LogP contribution in [0.5, 0.6) is 0 Å². The molecule has 0 radical (unpaired) electrons. The van der Waals surface area contributed by atoms with Gasteiger partial charge in [-0.1, -0.05) is 30.3 Å². The van der Waals surface area contributed by atoms with Gasteiger partial charge in [-0.25, -0.2) is 8.42 Å². The van der Waals surface area contributed by atoms with Gasteiger partial charge in [-0.2, -0.15) is 0 Å². The maximum absolute atomic E-state index is 11.6. The Labute approximate surface area is 95.6 Å². The van der Waals surface area contributed by atoms with Crippen LogP contribution >= 0.6 is 0 Å². The highest BCUT2D eigenvalue weighted by molar-refractivity contribution is 7.91. The van der Waals surface area contributed by atoms with Crippen LogP contribution in [0, 0.1) is 0 Å². The summed E-state index contributed by atoms with van der Waals surface area (Å²) in [6, 6.07) is 9.44. The minimum atomic E-state index is -3.15. The van der Waals surface area contributed by atoms with E-state index in [1.807, 2.05) is 30.3 Å². The van der Waals surface area contributed by atoms with Crippen molar-refractivity contribution in [2.45, 2.75) is 16.7 Å². The molecule has 0 unspecified atom stereocenters. The van der Waals surface area contributed by atoms with E-state index in [9.17, 15) is 8.42 Å². The molecule has 1 aliphatic carbocycles. The molecule has 0 aliphatic heterocycles. The molecule has 16 heavy (non-hydrogen) atoms. The number of sulfone groups is 1. The number of rotatable bonds is 3. The van der Waals surface area contributed by atoms with Crippen molar-refractivity contribution in [3.8, 4) is 0 Å². The molecular formula is C11H16N2O2S. The molecule has 1 saturated carbocycles. The van der Waals surface area contributed by atoms with Crippen LogP contribution in [0.4, 0.5) is 0 Å². The van der Waals surface area contributed by atoms with E-state index in [1.165, 1.54) is 6.26 Å². The van der Waals surface area contributed by atoms with Gasteiger partial charge in [0.1, 0.15) is 0 Å². The van der Waals surface area contributed by atoms with E-state index in [2.05, 4.69) is 0 Å². The highest BCUT2D eigenvalue weighted by atomic mass is 32.2. The summed E-state index contributed by atoms with van der Waals surface area (Å²) in [6.45, 7) is 0.185. The molecule has 3 atom stereocenters. The van der Waals surface area contributed by atoms with Crippen molar-refractivity contribution in [3.63, 3.8) is 0 Å². The second-order valence-electron chi connectivity index (χ2n) is 4.45. The fraction of sp³-hybridized carbons (Fsp3) is 0.455. The van der Waals surface area contributed by atoms with Crippen molar-refractivity contribution >= 4 is 9.84 Å². The van der Waals surface area contributed by atoms with Crippen LogP contribution < -0.4 is 11.5 Å². The Hall–Kier alpha value is -0.910. The van der Waals surface area contributed by atoms with Crippen molar-refractivity contribution in [2.75, 3.05) is 12.8 Å². The van der Waals surface area contributed by atoms with Gasteiger partial charge in [-0.15, -0.1) is 0 Å². The SMILES string of the molecule is CS(=O)(=O)[C@@H]1[C@@H](c2ccccc2)[C@]1(N)CN. The molecule has 4 N–H and O–H groups in total. The lowest BCUT2D eigenvalue weighted by Crippen LogP contribution is -2.38. The molecule has 0 spiro atoms. The van der Waals surface area contributed by atoms with Crippen LogP contribution in [-0.4, -0.2) is 32.0 Å². The van der Waals surface area contributed by atoms with Crippen molar-refractivity contribution in [2.24, 2.45) is 11.5 Å². The summed E-state index contributed by atoms with van der Waals surface area (Å²) < 4.78 is 23.2. The molecule has 0 aromatic heterocycles. The van der Waals surface area contributed by atoms with Crippen LogP contribution in [0.1, 0.15) is 11.5 Å². The van der Waals surface area contributed by atoms with E-state index in [1.54, 1.807) is 0 Å². The lowest BCUT2D eigenvalue weighted by Gasteiger charge is -2.07. The van der Waals surface area contributed by atoms with Gasteiger partial charge in [0.2, 0.25) is 0 Å². The van der Waals surface area contributed by atoms with Crippen molar-refractivity contribution < 1.29 is 8.42 Å². The van der Waals surface area contributed by atoms with Crippen molar-refractivity contribution in [3.05, 3.63) is 35.9 Å². The van der Waals surface area contributed by atoms with Crippen molar-refractivity contribution in [1.29, 1.82) is 0 Å². The molecule has 88 valence electrons. The maximum Gasteiger partial charge on any atom is 0.152 e. The smallest absolute Gasteiger partial charge is 0.152 e. The average molecular weight is 240 g/mol. The molecule has 2 rings (SSSR count). The average Bonchev–Trinajstić information content (AvgIpc) is 2.87. The molecule has 4 nitrogen and oxygen atoms in total. The van der Waals surface area contributed by atoms with Crippen LogP contribution in [0.15, 0.2) is 30.3 Å². The van der Waals surface area contributed by atoms with Gasteiger partial charge in [0.05, 0.1) is 10.8 Å². The standard InChI is InChI=1S/C11H16N2O2S/c1-16(14,15)10-9(11(10,13)7-12)8-5-3-2-4-6-8/h2-6,9-10H,7,12-13H2,1H3/t9-,10-,11-/m1/s1. The Morgan fingerprint density at radius 1 is 1.31 bits per heavy atom. The largest absolute Gasteiger partial charge is 0.329 e. The highest BCUT2D eigenvalue weighted by Gasteiger charge is 2.66. The molecule has 0 saturated heterocycles. The minimum absolute atomic E-state index is 0.173. The van der Waals surface area contributed by atoms with Crippen LogP contribution in [0.25, 0.3) is 0 Å². The van der Waals surface area contributed by atoms with Gasteiger partial charge < -0.3 is 11.5 Å². The number of nitrogens with two attached hydrogens (primary N) is 2. The van der Waals surface area contributed by atoms with Crippen molar-refractivity contribution in [1.82, 2.24) is 0 Å². The summed E-state index contributed by atoms with van der Waals surface area (Å²) in [4.78, 5) is 0. The Kier molecular flexibility index (Phi) is 2.57. The van der Waals surface area contributed by atoms with Gasteiger partial charge >= 0.3 is 0 Å². The summed E-state index contributed by atoms with van der Waals surface area (Å²) in [5.41, 5.74) is 11.8. The Morgan fingerprint density at radius 3 is 2.25 bits per heavy atom. The number of hydrogen-bond acceptors (Lipinski definition) is 4. The quantitative estimate of drug-likeness (QED) is 0.769. The fourth-order valence-electron chi connectivity index (χ4n) is 2.46. The highest BCUT2D eigenvalue weighted by Crippen LogP contribution is 2.53. The first kappa shape index (κ1) is 11.6. The molecule has 1 aromatic rings. The molecule has 1 aromatic carbocycles. The van der Waals surface area contributed by atoms with E-state index >= 15 is 0 Å². The second-order valence-corrected chi connectivity index (χ2v) is 6.62. The van der Waals surface area contributed by atoms with E-state index < -0.39 is 20.6 Å². The Balaban J connectivity index is 2.38. The van der Waals surface area contributed by atoms with Gasteiger partial charge in [0.25, 0.3) is 0 Å². The predicted octanol–water partition coefficient (Wildman–Crippen LogP) is -0.147. The number of hydrogen-bond donors (Lipinski definition) is 2. The Morgan fingerprint density at radius 2 is 1.88 bits per heavy atom. The summed E-state index contributed by atoms with van der Waals surface area (Å²) in [5.74, 6) is -0.173. The third-order valence-corrected chi connectivity index (χ3v) is 4.91. The van der Waals surface area contributed by atoms with E-state index in [-0.39, 0.29) is 12.5 Å².